The third-order valence-electron chi connectivity index (χ3n) is 7.24. The van der Waals surface area contributed by atoms with E-state index in [0.717, 1.165) is 9.87 Å². The van der Waals surface area contributed by atoms with Crippen LogP contribution in [0.5, 0.6) is 5.75 Å². The van der Waals surface area contributed by atoms with Gasteiger partial charge >= 0.3 is 0 Å². The molecular weight excluding hydrogens is 629 g/mol. The number of rotatable bonds is 15. The number of nitrogens with one attached hydrogen (secondary N) is 1. The van der Waals surface area contributed by atoms with Gasteiger partial charge in [0, 0.05) is 30.1 Å². The predicted octanol–water partition coefficient (Wildman–Crippen LogP) is 6.24. The maximum atomic E-state index is 15.0. The van der Waals surface area contributed by atoms with Gasteiger partial charge in [-0.05, 0) is 73.5 Å². The Labute approximate surface area is 274 Å². The summed E-state index contributed by atoms with van der Waals surface area (Å²) in [6.45, 7) is 3.59. The Balaban J connectivity index is 1.80. The first-order chi connectivity index (χ1) is 22.1. The summed E-state index contributed by atoms with van der Waals surface area (Å²) in [6.07, 6.45) is 0.791. The van der Waals surface area contributed by atoms with Crippen LogP contribution in [0, 0.1) is 5.82 Å². The summed E-state index contributed by atoms with van der Waals surface area (Å²) in [7, 11) is -4.31. The Morgan fingerprint density at radius 1 is 0.891 bits per heavy atom. The largest absolute Gasteiger partial charge is 0.494 e. The highest BCUT2D eigenvalue weighted by Gasteiger charge is 2.35. The molecule has 0 spiro atoms. The lowest BCUT2D eigenvalue weighted by atomic mass is 10.0. The number of carbonyl (C=O) groups is 2. The zero-order chi connectivity index (χ0) is 33.1. The van der Waals surface area contributed by atoms with Gasteiger partial charge in [0.2, 0.25) is 11.8 Å². The summed E-state index contributed by atoms with van der Waals surface area (Å²) >= 11 is 6.04. The molecule has 1 atom stereocenters. The third kappa shape index (κ3) is 8.86. The van der Waals surface area contributed by atoms with E-state index in [-0.39, 0.29) is 29.1 Å². The van der Waals surface area contributed by atoms with Crippen LogP contribution in [-0.2, 0) is 32.6 Å². The SMILES string of the molecule is CCCNC(=O)C(Cc1ccccc1)N(Cc1ccccc1F)C(=O)CN(c1ccc(OCC)cc1)S(=O)(=O)c1ccc(Cl)cc1. The number of halogens is 2. The maximum absolute atomic E-state index is 15.0. The van der Waals surface area contributed by atoms with Crippen molar-refractivity contribution in [3.05, 3.63) is 125 Å². The molecule has 8 nitrogen and oxygen atoms in total. The molecule has 0 bridgehead atoms. The van der Waals surface area contributed by atoms with Crippen molar-refractivity contribution in [3.8, 4) is 5.75 Å². The molecule has 0 aliphatic heterocycles. The fourth-order valence-electron chi connectivity index (χ4n) is 4.87. The number of sulfonamides is 1. The average molecular weight is 666 g/mol. The number of amides is 2. The van der Waals surface area contributed by atoms with Gasteiger partial charge in [0.05, 0.1) is 17.2 Å². The van der Waals surface area contributed by atoms with E-state index in [9.17, 15) is 18.0 Å². The monoisotopic (exact) mass is 665 g/mol. The van der Waals surface area contributed by atoms with Crippen molar-refractivity contribution in [1.82, 2.24) is 10.2 Å². The van der Waals surface area contributed by atoms with Crippen molar-refractivity contribution in [2.24, 2.45) is 0 Å². The van der Waals surface area contributed by atoms with E-state index in [1.54, 1.807) is 30.3 Å². The van der Waals surface area contributed by atoms with Gasteiger partial charge < -0.3 is 15.0 Å². The van der Waals surface area contributed by atoms with E-state index in [1.807, 2.05) is 44.2 Å². The number of ether oxygens (including phenoxy) is 1. The Kier molecular flexibility index (Phi) is 12.2. The van der Waals surface area contributed by atoms with Gasteiger partial charge in [-0.15, -0.1) is 0 Å². The van der Waals surface area contributed by atoms with E-state index in [0.29, 0.717) is 30.3 Å². The highest BCUT2D eigenvalue weighted by molar-refractivity contribution is 7.92. The van der Waals surface area contributed by atoms with Crippen molar-refractivity contribution in [2.45, 2.75) is 44.2 Å². The third-order valence-corrected chi connectivity index (χ3v) is 9.28. The highest BCUT2D eigenvalue weighted by atomic mass is 35.5. The van der Waals surface area contributed by atoms with Crippen LogP contribution in [0.2, 0.25) is 5.02 Å². The molecule has 11 heteroatoms. The van der Waals surface area contributed by atoms with Crippen molar-refractivity contribution < 1.29 is 27.1 Å². The Morgan fingerprint density at radius 2 is 1.54 bits per heavy atom. The van der Waals surface area contributed by atoms with Crippen LogP contribution < -0.4 is 14.4 Å². The lowest BCUT2D eigenvalue weighted by Crippen LogP contribution is -2.53. The summed E-state index contributed by atoms with van der Waals surface area (Å²) in [6, 6.07) is 26.0. The quantitative estimate of drug-likeness (QED) is 0.162. The second-order valence-corrected chi connectivity index (χ2v) is 12.8. The van der Waals surface area contributed by atoms with Crippen LogP contribution in [0.4, 0.5) is 10.1 Å². The summed E-state index contributed by atoms with van der Waals surface area (Å²) in [4.78, 5) is 29.3. The first-order valence-corrected chi connectivity index (χ1v) is 16.8. The first kappa shape index (κ1) is 34.5. The second kappa shape index (κ2) is 16.2. The summed E-state index contributed by atoms with van der Waals surface area (Å²) in [5.41, 5.74) is 1.17. The van der Waals surface area contributed by atoms with Gasteiger partial charge in [-0.3, -0.25) is 13.9 Å². The molecule has 0 saturated carbocycles. The van der Waals surface area contributed by atoms with Crippen LogP contribution in [0.25, 0.3) is 0 Å². The lowest BCUT2D eigenvalue weighted by Gasteiger charge is -2.34. The van der Waals surface area contributed by atoms with E-state index >= 15 is 4.39 Å². The minimum absolute atomic E-state index is 0.0826. The number of carbonyl (C=O) groups excluding carboxylic acids is 2. The van der Waals surface area contributed by atoms with Gasteiger partial charge in [-0.1, -0.05) is 67.1 Å². The molecule has 1 N–H and O–H groups in total. The molecule has 0 heterocycles. The van der Waals surface area contributed by atoms with Crippen molar-refractivity contribution >= 4 is 39.1 Å². The molecular formula is C35H37ClFN3O5S. The molecule has 242 valence electrons. The van der Waals surface area contributed by atoms with Gasteiger partial charge in [0.1, 0.15) is 24.2 Å². The average Bonchev–Trinajstić information content (AvgIpc) is 3.06. The summed E-state index contributed by atoms with van der Waals surface area (Å²) in [5.74, 6) is -1.14. The van der Waals surface area contributed by atoms with Crippen LogP contribution in [0.1, 0.15) is 31.4 Å². The Hall–Kier alpha value is -4.41. The predicted molar refractivity (Wildman–Crippen MR) is 178 cm³/mol. The maximum Gasteiger partial charge on any atom is 0.264 e. The molecule has 0 aromatic heterocycles. The first-order valence-electron chi connectivity index (χ1n) is 15.0. The molecule has 0 aliphatic rings. The van der Waals surface area contributed by atoms with Gasteiger partial charge in [0.25, 0.3) is 10.0 Å². The van der Waals surface area contributed by atoms with Crippen molar-refractivity contribution in [1.29, 1.82) is 0 Å². The fraction of sp³-hybridized carbons (Fsp3) is 0.257. The second-order valence-electron chi connectivity index (χ2n) is 10.5. The van der Waals surface area contributed by atoms with Crippen molar-refractivity contribution in [3.63, 3.8) is 0 Å². The van der Waals surface area contributed by atoms with Gasteiger partial charge in [-0.2, -0.15) is 0 Å². The molecule has 0 aliphatic carbocycles. The standard InChI is InChI=1S/C35H37ClFN3O5S/c1-3-22-38-35(42)33(23-26-10-6-5-7-11-26)39(24-27-12-8-9-13-32(27)37)34(41)25-40(29-16-18-30(19-17-29)45-4-2)46(43,44)31-20-14-28(36)15-21-31/h5-21,33H,3-4,22-25H2,1-2H3,(H,38,42). The molecule has 0 fully saturated rings. The molecule has 46 heavy (non-hydrogen) atoms. The van der Waals surface area contributed by atoms with Crippen LogP contribution in [0.3, 0.4) is 0 Å². The molecule has 0 saturated heterocycles. The number of anilines is 1. The molecule has 2 amide bonds. The van der Waals surface area contributed by atoms with Crippen LogP contribution in [0.15, 0.2) is 108 Å². The van der Waals surface area contributed by atoms with Gasteiger partial charge in [-0.25, -0.2) is 12.8 Å². The fourth-order valence-corrected chi connectivity index (χ4v) is 6.41. The highest BCUT2D eigenvalue weighted by Crippen LogP contribution is 2.28. The van der Waals surface area contributed by atoms with E-state index in [2.05, 4.69) is 5.32 Å². The van der Waals surface area contributed by atoms with Crippen LogP contribution in [-0.4, -0.2) is 50.9 Å². The van der Waals surface area contributed by atoms with E-state index < -0.39 is 40.2 Å². The molecule has 4 aromatic rings. The number of hydrogen-bond acceptors (Lipinski definition) is 5. The minimum atomic E-state index is -4.31. The van der Waals surface area contributed by atoms with E-state index in [4.69, 9.17) is 16.3 Å². The Bertz CT molecular complexity index is 1700. The summed E-state index contributed by atoms with van der Waals surface area (Å²) < 4.78 is 49.7. The zero-order valence-electron chi connectivity index (χ0n) is 25.7. The lowest BCUT2D eigenvalue weighted by molar-refractivity contribution is -0.140. The minimum Gasteiger partial charge on any atom is -0.494 e. The molecule has 4 rings (SSSR count). The smallest absolute Gasteiger partial charge is 0.264 e. The topological polar surface area (TPSA) is 96.0 Å². The van der Waals surface area contributed by atoms with E-state index in [1.165, 1.54) is 47.4 Å². The number of nitrogens with zero attached hydrogens (tertiary/aromatic N) is 2. The van der Waals surface area contributed by atoms with Crippen LogP contribution >= 0.6 is 11.6 Å². The summed E-state index contributed by atoms with van der Waals surface area (Å²) in [5, 5.41) is 3.22. The molecule has 1 unspecified atom stereocenters. The Morgan fingerprint density at radius 3 is 2.17 bits per heavy atom. The molecule has 0 radical (unpaired) electrons. The number of benzene rings is 4. The van der Waals surface area contributed by atoms with Crippen molar-refractivity contribution in [2.75, 3.05) is 24.0 Å². The molecule has 4 aromatic carbocycles. The van der Waals surface area contributed by atoms with Gasteiger partial charge in [0.15, 0.2) is 0 Å². The number of hydrogen-bond donors (Lipinski definition) is 1. The normalized spacial score (nSPS) is 11.8. The zero-order valence-corrected chi connectivity index (χ0v) is 27.3.